The Labute approximate surface area is 217 Å². The Kier molecular flexibility index (Phi) is 10.3. The van der Waals surface area contributed by atoms with Crippen molar-refractivity contribution >= 4 is 21.7 Å². The zero-order valence-electron chi connectivity index (χ0n) is 20.9. The summed E-state index contributed by atoms with van der Waals surface area (Å²) in [4.78, 5) is 24.6. The van der Waals surface area contributed by atoms with Crippen molar-refractivity contribution in [3.05, 3.63) is 54.1 Å². The zero-order chi connectivity index (χ0) is 26.7. The topological polar surface area (TPSA) is 140 Å². The van der Waals surface area contributed by atoms with Gasteiger partial charge in [-0.1, -0.05) is 13.3 Å². The highest BCUT2D eigenvalue weighted by atomic mass is 32.2. The third kappa shape index (κ3) is 7.00. The molecule has 0 aromatic heterocycles. The second kappa shape index (κ2) is 13.4. The Hall–Kier alpha value is -3.15. The molecule has 37 heavy (non-hydrogen) atoms. The summed E-state index contributed by atoms with van der Waals surface area (Å²) in [5.74, 6) is 0.0337. The fourth-order valence-corrected chi connectivity index (χ4v) is 5.90. The average molecular weight is 535 g/mol. The number of hydrogen-bond acceptors (Lipinski definition) is 8. The summed E-state index contributed by atoms with van der Waals surface area (Å²) < 4.78 is 41.2. The smallest absolute Gasteiger partial charge is 0.265 e. The predicted octanol–water partition coefficient (Wildman–Crippen LogP) is 2.89. The number of carbonyl (C=O) groups is 2. The van der Waals surface area contributed by atoms with Gasteiger partial charge in [-0.05, 0) is 74.2 Å². The molecule has 2 aromatic rings. The summed E-state index contributed by atoms with van der Waals surface area (Å²) in [5, 5.41) is 12.0. The summed E-state index contributed by atoms with van der Waals surface area (Å²) in [6, 6.07) is 12.8. The molecule has 202 valence electrons. The van der Waals surface area contributed by atoms with Gasteiger partial charge in [-0.15, -0.1) is 0 Å². The van der Waals surface area contributed by atoms with Gasteiger partial charge >= 0.3 is 0 Å². The van der Waals surface area contributed by atoms with Crippen LogP contribution in [0.15, 0.2) is 53.4 Å². The minimum atomic E-state index is -4.09. The second-order valence-electron chi connectivity index (χ2n) is 8.71. The molecule has 1 fully saturated rings. The van der Waals surface area contributed by atoms with Crippen LogP contribution in [0.2, 0.25) is 0 Å². The van der Waals surface area contributed by atoms with E-state index in [0.29, 0.717) is 37.5 Å². The number of unbranched alkanes of at least 4 members (excludes halogenated alkanes) is 1. The Balaban J connectivity index is 1.46. The molecule has 3 rings (SSSR count). The van der Waals surface area contributed by atoms with Crippen LogP contribution >= 0.6 is 0 Å². The molecular formula is C26H34N2O8S. The molecular weight excluding hydrogens is 500 g/mol. The van der Waals surface area contributed by atoms with E-state index < -0.39 is 20.5 Å². The first kappa shape index (κ1) is 28.4. The van der Waals surface area contributed by atoms with Crippen LogP contribution < -0.4 is 20.3 Å². The number of rotatable bonds is 13. The van der Waals surface area contributed by atoms with E-state index in [4.69, 9.17) is 19.4 Å². The van der Waals surface area contributed by atoms with E-state index in [2.05, 4.69) is 12.2 Å². The highest BCUT2D eigenvalue weighted by Crippen LogP contribution is 2.35. The first-order chi connectivity index (χ1) is 17.8. The van der Waals surface area contributed by atoms with Crippen molar-refractivity contribution in [2.24, 2.45) is 0 Å². The molecule has 3 N–H and O–H groups in total. The van der Waals surface area contributed by atoms with E-state index in [1.807, 2.05) is 0 Å². The summed E-state index contributed by atoms with van der Waals surface area (Å²) in [5.41, 5.74) is 2.04. The molecule has 0 bridgehead atoms. The van der Waals surface area contributed by atoms with E-state index in [9.17, 15) is 18.0 Å². The summed E-state index contributed by atoms with van der Waals surface area (Å²) in [6.45, 7) is 3.66. The molecule has 2 amide bonds. The van der Waals surface area contributed by atoms with Crippen LogP contribution in [0.4, 0.5) is 0 Å². The van der Waals surface area contributed by atoms with Crippen LogP contribution in [0.3, 0.4) is 0 Å². The summed E-state index contributed by atoms with van der Waals surface area (Å²) in [6.07, 6.45) is 2.47. The Bertz CT molecular complexity index is 1130. The fraction of sp³-hybridized carbons (Fsp3) is 0.462. The molecule has 11 heteroatoms. The Morgan fingerprint density at radius 2 is 1.51 bits per heavy atom. The van der Waals surface area contributed by atoms with Crippen LogP contribution in [0.5, 0.6) is 11.5 Å². The standard InChI is InChI=1S/C26H34N2O8S/c1-2-3-16-35-21-7-5-20(6-8-21)24(29)27-15-4-17-36-22-9-11-23(12-10-22)37(32,33)26(25(30)28-31)13-18-34-19-14-26/h5-12,31H,2-4,13-19H2,1H3,(H,27,29)(H,28,30). The maximum atomic E-state index is 13.3. The highest BCUT2D eigenvalue weighted by Gasteiger charge is 2.52. The van der Waals surface area contributed by atoms with E-state index in [0.717, 1.165) is 18.6 Å². The van der Waals surface area contributed by atoms with Crippen molar-refractivity contribution in [1.29, 1.82) is 0 Å². The molecule has 0 aliphatic carbocycles. The summed E-state index contributed by atoms with van der Waals surface area (Å²) >= 11 is 0. The van der Waals surface area contributed by atoms with Crippen LogP contribution in [-0.4, -0.2) is 63.2 Å². The molecule has 0 spiro atoms. The van der Waals surface area contributed by atoms with E-state index in [1.54, 1.807) is 24.3 Å². The van der Waals surface area contributed by atoms with Crippen LogP contribution in [0, 0.1) is 0 Å². The van der Waals surface area contributed by atoms with Gasteiger partial charge in [0.15, 0.2) is 14.6 Å². The minimum Gasteiger partial charge on any atom is -0.494 e. The third-order valence-corrected chi connectivity index (χ3v) is 8.74. The number of hydrogen-bond donors (Lipinski definition) is 3. The SMILES string of the molecule is CCCCOc1ccc(C(=O)NCCCOc2ccc(S(=O)(=O)C3(C(=O)NO)CCOCC3)cc2)cc1. The quantitative estimate of drug-likeness (QED) is 0.202. The van der Waals surface area contributed by atoms with Gasteiger partial charge in [-0.2, -0.15) is 0 Å². The van der Waals surface area contributed by atoms with E-state index >= 15 is 0 Å². The van der Waals surface area contributed by atoms with Crippen LogP contribution in [0.1, 0.15) is 49.4 Å². The normalized spacial score (nSPS) is 15.0. The van der Waals surface area contributed by atoms with Gasteiger partial charge in [0.1, 0.15) is 11.5 Å². The lowest BCUT2D eigenvalue weighted by Crippen LogP contribution is -2.54. The molecule has 1 saturated heterocycles. The highest BCUT2D eigenvalue weighted by molar-refractivity contribution is 7.93. The van der Waals surface area contributed by atoms with Gasteiger partial charge in [0.05, 0.1) is 18.1 Å². The van der Waals surface area contributed by atoms with Crippen molar-refractivity contribution in [1.82, 2.24) is 10.8 Å². The first-order valence-electron chi connectivity index (χ1n) is 12.3. The van der Waals surface area contributed by atoms with Crippen molar-refractivity contribution in [2.75, 3.05) is 33.0 Å². The van der Waals surface area contributed by atoms with E-state index in [-0.39, 0.29) is 36.9 Å². The monoisotopic (exact) mass is 534 g/mol. The molecule has 0 unspecified atom stereocenters. The average Bonchev–Trinajstić information content (AvgIpc) is 2.93. The minimum absolute atomic E-state index is 0.0422. The number of nitrogens with one attached hydrogen (secondary N) is 2. The third-order valence-electron chi connectivity index (χ3n) is 6.22. The largest absolute Gasteiger partial charge is 0.494 e. The number of hydroxylamine groups is 1. The zero-order valence-corrected chi connectivity index (χ0v) is 21.7. The van der Waals surface area contributed by atoms with Gasteiger partial charge < -0.3 is 19.5 Å². The Morgan fingerprint density at radius 3 is 2.08 bits per heavy atom. The predicted molar refractivity (Wildman–Crippen MR) is 136 cm³/mol. The molecule has 2 aromatic carbocycles. The molecule has 10 nitrogen and oxygen atoms in total. The maximum absolute atomic E-state index is 13.3. The molecule has 1 aliphatic rings. The molecule has 1 aliphatic heterocycles. The number of sulfone groups is 1. The van der Waals surface area contributed by atoms with Crippen molar-refractivity contribution < 1.29 is 37.4 Å². The van der Waals surface area contributed by atoms with Gasteiger partial charge in [0.25, 0.3) is 11.8 Å². The van der Waals surface area contributed by atoms with Crippen LogP contribution in [-0.2, 0) is 19.4 Å². The number of ether oxygens (including phenoxy) is 3. The maximum Gasteiger partial charge on any atom is 0.265 e. The summed E-state index contributed by atoms with van der Waals surface area (Å²) in [7, 11) is -4.09. The van der Waals surface area contributed by atoms with Crippen molar-refractivity contribution in [3.63, 3.8) is 0 Å². The molecule has 0 atom stereocenters. The number of amides is 2. The second-order valence-corrected chi connectivity index (χ2v) is 11.0. The van der Waals surface area contributed by atoms with Gasteiger partial charge in [-0.25, -0.2) is 13.9 Å². The van der Waals surface area contributed by atoms with E-state index in [1.165, 1.54) is 29.7 Å². The van der Waals surface area contributed by atoms with Crippen molar-refractivity contribution in [3.8, 4) is 11.5 Å². The van der Waals surface area contributed by atoms with Crippen molar-refractivity contribution in [2.45, 2.75) is 48.7 Å². The molecule has 0 radical (unpaired) electrons. The Morgan fingerprint density at radius 1 is 0.946 bits per heavy atom. The lowest BCUT2D eigenvalue weighted by molar-refractivity contribution is -0.134. The number of benzene rings is 2. The first-order valence-corrected chi connectivity index (χ1v) is 13.8. The van der Waals surface area contributed by atoms with Crippen LogP contribution in [0.25, 0.3) is 0 Å². The number of carbonyl (C=O) groups excluding carboxylic acids is 2. The lowest BCUT2D eigenvalue weighted by Gasteiger charge is -2.34. The molecule has 0 saturated carbocycles. The lowest BCUT2D eigenvalue weighted by atomic mass is 9.98. The van der Waals surface area contributed by atoms with Gasteiger partial charge in [0, 0.05) is 25.3 Å². The molecule has 1 heterocycles. The fourth-order valence-electron chi connectivity index (χ4n) is 3.96. The van der Waals surface area contributed by atoms with Gasteiger partial charge in [-0.3, -0.25) is 14.8 Å². The van der Waals surface area contributed by atoms with Gasteiger partial charge in [0.2, 0.25) is 0 Å².